The van der Waals surface area contributed by atoms with Gasteiger partial charge in [-0.2, -0.15) is 0 Å². The van der Waals surface area contributed by atoms with Crippen LogP contribution in [0.15, 0.2) is 48.5 Å². The number of nitrogens with one attached hydrogen (secondary N) is 1. The van der Waals surface area contributed by atoms with Gasteiger partial charge in [-0.05, 0) is 67.8 Å². The van der Waals surface area contributed by atoms with Gasteiger partial charge in [0.05, 0.1) is 13.7 Å². The van der Waals surface area contributed by atoms with Crippen LogP contribution >= 0.6 is 0 Å². The van der Waals surface area contributed by atoms with E-state index in [0.717, 1.165) is 37.4 Å². The quantitative estimate of drug-likeness (QED) is 0.747. The molecule has 0 spiro atoms. The first-order valence-corrected chi connectivity index (χ1v) is 9.62. The fourth-order valence-corrected chi connectivity index (χ4v) is 3.15. The molecule has 1 aliphatic heterocycles. The Morgan fingerprint density at radius 3 is 2.14 bits per heavy atom. The molecule has 2 aromatic carbocycles. The van der Waals surface area contributed by atoms with Crippen LogP contribution in [0.4, 0.5) is 0 Å². The highest BCUT2D eigenvalue weighted by Gasteiger charge is 2.18. The molecule has 1 fully saturated rings. The van der Waals surface area contributed by atoms with Crippen molar-refractivity contribution >= 4 is 11.8 Å². The lowest BCUT2D eigenvalue weighted by molar-refractivity contribution is 0.0723. The number of carbonyl (C=O) groups is 2. The third-order valence-electron chi connectivity index (χ3n) is 4.75. The van der Waals surface area contributed by atoms with Crippen molar-refractivity contribution in [1.29, 1.82) is 0 Å². The van der Waals surface area contributed by atoms with Crippen LogP contribution < -0.4 is 14.8 Å². The minimum absolute atomic E-state index is 0.0412. The van der Waals surface area contributed by atoms with Crippen LogP contribution in [0.5, 0.6) is 11.5 Å². The van der Waals surface area contributed by atoms with E-state index in [-0.39, 0.29) is 11.8 Å². The molecule has 6 nitrogen and oxygen atoms in total. The summed E-state index contributed by atoms with van der Waals surface area (Å²) in [6.45, 7) is 2.38. The zero-order valence-electron chi connectivity index (χ0n) is 16.1. The molecule has 1 heterocycles. The molecule has 2 aromatic rings. The maximum Gasteiger partial charge on any atom is 0.253 e. The van der Waals surface area contributed by atoms with Gasteiger partial charge < -0.3 is 19.7 Å². The van der Waals surface area contributed by atoms with E-state index < -0.39 is 0 Å². The number of carbonyl (C=O) groups excluding carboxylic acids is 2. The molecule has 0 bridgehead atoms. The first-order chi connectivity index (χ1) is 13.7. The summed E-state index contributed by atoms with van der Waals surface area (Å²) in [6, 6.07) is 14.1. The van der Waals surface area contributed by atoms with Crippen LogP contribution in [0.2, 0.25) is 0 Å². The molecule has 1 aliphatic rings. The summed E-state index contributed by atoms with van der Waals surface area (Å²) in [7, 11) is 1.61. The van der Waals surface area contributed by atoms with E-state index in [1.54, 1.807) is 31.4 Å². The van der Waals surface area contributed by atoms with E-state index in [1.165, 1.54) is 6.42 Å². The maximum atomic E-state index is 12.5. The van der Waals surface area contributed by atoms with Crippen molar-refractivity contribution in [2.24, 2.45) is 0 Å². The largest absolute Gasteiger partial charge is 0.497 e. The molecule has 3 rings (SSSR count). The molecule has 28 heavy (non-hydrogen) atoms. The molecule has 1 N–H and O–H groups in total. The number of nitrogens with zero attached hydrogens (tertiary/aromatic N) is 1. The van der Waals surface area contributed by atoms with Crippen LogP contribution in [0.3, 0.4) is 0 Å². The number of methoxy groups -OCH3 is 1. The zero-order valence-corrected chi connectivity index (χ0v) is 16.1. The first kappa shape index (κ1) is 19.7. The van der Waals surface area contributed by atoms with Gasteiger partial charge in [-0.15, -0.1) is 0 Å². The number of hydrogen-bond acceptors (Lipinski definition) is 4. The Kier molecular flexibility index (Phi) is 6.89. The highest BCUT2D eigenvalue weighted by Crippen LogP contribution is 2.17. The third-order valence-corrected chi connectivity index (χ3v) is 4.75. The van der Waals surface area contributed by atoms with Crippen molar-refractivity contribution in [2.75, 3.05) is 33.4 Å². The summed E-state index contributed by atoms with van der Waals surface area (Å²) in [5.41, 5.74) is 1.15. The number of amides is 2. The summed E-state index contributed by atoms with van der Waals surface area (Å²) >= 11 is 0. The second kappa shape index (κ2) is 9.78. The van der Waals surface area contributed by atoms with Crippen molar-refractivity contribution < 1.29 is 19.1 Å². The summed E-state index contributed by atoms with van der Waals surface area (Å²) in [5, 5.41) is 2.82. The maximum absolute atomic E-state index is 12.5. The standard InChI is InChI=1S/C22H26N2O4/c1-27-19-9-11-20(12-10-19)28-16-13-23-21(25)17-5-7-18(8-6-17)22(26)24-14-3-2-4-15-24/h5-12H,2-4,13-16H2,1H3,(H,23,25). The van der Waals surface area contributed by atoms with Crippen LogP contribution in [0, 0.1) is 0 Å². The van der Waals surface area contributed by atoms with Crippen LogP contribution in [0.1, 0.15) is 40.0 Å². The first-order valence-electron chi connectivity index (χ1n) is 9.62. The Morgan fingerprint density at radius 2 is 1.50 bits per heavy atom. The lowest BCUT2D eigenvalue weighted by Gasteiger charge is -2.26. The van der Waals surface area contributed by atoms with Crippen LogP contribution in [-0.4, -0.2) is 50.1 Å². The number of benzene rings is 2. The molecule has 0 saturated carbocycles. The van der Waals surface area contributed by atoms with Crippen molar-refractivity contribution in [3.8, 4) is 11.5 Å². The summed E-state index contributed by atoms with van der Waals surface area (Å²) < 4.78 is 10.7. The normalized spacial score (nSPS) is 13.7. The Hall–Kier alpha value is -3.02. The Bertz CT molecular complexity index is 781. The van der Waals surface area contributed by atoms with Gasteiger partial charge in [0.15, 0.2) is 0 Å². The monoisotopic (exact) mass is 382 g/mol. The molecular formula is C22H26N2O4. The highest BCUT2D eigenvalue weighted by molar-refractivity contribution is 5.97. The van der Waals surface area contributed by atoms with Crippen molar-refractivity contribution in [2.45, 2.75) is 19.3 Å². The fraction of sp³-hybridized carbons (Fsp3) is 0.364. The minimum Gasteiger partial charge on any atom is -0.497 e. The number of likely N-dealkylation sites (tertiary alicyclic amines) is 1. The van der Waals surface area contributed by atoms with Crippen LogP contribution in [-0.2, 0) is 0 Å². The van der Waals surface area contributed by atoms with Crippen LogP contribution in [0.25, 0.3) is 0 Å². The lowest BCUT2D eigenvalue weighted by atomic mass is 10.1. The fourth-order valence-electron chi connectivity index (χ4n) is 3.15. The second-order valence-electron chi connectivity index (χ2n) is 6.71. The smallest absolute Gasteiger partial charge is 0.253 e. The topological polar surface area (TPSA) is 67.9 Å². The van der Waals surface area contributed by atoms with Crippen molar-refractivity contribution in [3.05, 3.63) is 59.7 Å². The molecule has 0 radical (unpaired) electrons. The average Bonchev–Trinajstić information content (AvgIpc) is 2.77. The predicted octanol–water partition coefficient (Wildman–Crippen LogP) is 3.13. The van der Waals surface area contributed by atoms with Gasteiger partial charge in [0.2, 0.25) is 0 Å². The van der Waals surface area contributed by atoms with E-state index in [4.69, 9.17) is 9.47 Å². The van der Waals surface area contributed by atoms with E-state index in [2.05, 4.69) is 5.32 Å². The molecule has 0 unspecified atom stereocenters. The minimum atomic E-state index is -0.185. The number of piperidine rings is 1. The van der Waals surface area contributed by atoms with E-state index in [1.807, 2.05) is 29.2 Å². The molecular weight excluding hydrogens is 356 g/mol. The number of ether oxygens (including phenoxy) is 2. The molecule has 0 atom stereocenters. The van der Waals surface area contributed by atoms with E-state index in [9.17, 15) is 9.59 Å². The van der Waals surface area contributed by atoms with Gasteiger partial charge in [0, 0.05) is 24.2 Å². The SMILES string of the molecule is COc1ccc(OCCNC(=O)c2ccc(C(=O)N3CCCCC3)cc2)cc1. The van der Waals surface area contributed by atoms with Crippen molar-refractivity contribution in [1.82, 2.24) is 10.2 Å². The zero-order chi connectivity index (χ0) is 19.8. The summed E-state index contributed by atoms with van der Waals surface area (Å²) in [4.78, 5) is 26.6. The van der Waals surface area contributed by atoms with Gasteiger partial charge in [0.1, 0.15) is 18.1 Å². The summed E-state index contributed by atoms with van der Waals surface area (Å²) in [6.07, 6.45) is 3.31. The molecule has 148 valence electrons. The number of rotatable bonds is 7. The Balaban J connectivity index is 1.44. The van der Waals surface area contributed by atoms with Gasteiger partial charge in [-0.1, -0.05) is 0 Å². The Labute approximate surface area is 165 Å². The van der Waals surface area contributed by atoms with E-state index in [0.29, 0.717) is 24.3 Å². The lowest BCUT2D eigenvalue weighted by Crippen LogP contribution is -2.35. The van der Waals surface area contributed by atoms with Gasteiger partial charge >= 0.3 is 0 Å². The van der Waals surface area contributed by atoms with Gasteiger partial charge in [-0.3, -0.25) is 9.59 Å². The third kappa shape index (κ3) is 5.25. The van der Waals surface area contributed by atoms with E-state index >= 15 is 0 Å². The number of hydrogen-bond donors (Lipinski definition) is 1. The second-order valence-corrected chi connectivity index (χ2v) is 6.71. The Morgan fingerprint density at radius 1 is 0.893 bits per heavy atom. The molecule has 0 aromatic heterocycles. The molecule has 6 heteroatoms. The van der Waals surface area contributed by atoms with Gasteiger partial charge in [-0.25, -0.2) is 0 Å². The van der Waals surface area contributed by atoms with Crippen molar-refractivity contribution in [3.63, 3.8) is 0 Å². The van der Waals surface area contributed by atoms with Gasteiger partial charge in [0.25, 0.3) is 11.8 Å². The molecule has 1 saturated heterocycles. The average molecular weight is 382 g/mol. The predicted molar refractivity (Wildman–Crippen MR) is 107 cm³/mol. The highest BCUT2D eigenvalue weighted by atomic mass is 16.5. The molecule has 0 aliphatic carbocycles. The summed E-state index contributed by atoms with van der Waals surface area (Å²) in [5.74, 6) is 1.34. The molecule has 2 amide bonds.